The summed E-state index contributed by atoms with van der Waals surface area (Å²) < 4.78 is 42.5. The van der Waals surface area contributed by atoms with Crippen LogP contribution in [0.3, 0.4) is 0 Å². The van der Waals surface area contributed by atoms with Crippen LogP contribution in [-0.2, 0) is 27.2 Å². The number of aryl methyl sites for hydroxylation is 1. The fourth-order valence-electron chi connectivity index (χ4n) is 5.96. The van der Waals surface area contributed by atoms with Crippen LogP contribution in [-0.4, -0.2) is 51.0 Å². The molecule has 0 spiro atoms. The van der Waals surface area contributed by atoms with Gasteiger partial charge in [0.05, 0.1) is 44.1 Å². The lowest BCUT2D eigenvalue weighted by atomic mass is 10.0. The number of carbonyl (C=O) groups excluding carboxylic acids is 2. The molecule has 272 valence electrons. The number of ether oxygens (including phenoxy) is 1. The summed E-state index contributed by atoms with van der Waals surface area (Å²) in [5.41, 5.74) is 4.82. The molecule has 10 nitrogen and oxygen atoms in total. The Kier molecular flexibility index (Phi) is 12.2. The first-order chi connectivity index (χ1) is 24.9. The number of carboxylic acid groups (broad SMARTS) is 1. The Balaban J connectivity index is 0.000000679. The predicted molar refractivity (Wildman–Crippen MR) is 190 cm³/mol. The van der Waals surface area contributed by atoms with Crippen LogP contribution in [0.1, 0.15) is 61.0 Å². The molecule has 0 aliphatic rings. The second-order valence-corrected chi connectivity index (χ2v) is 12.4. The SMILES string of the molecule is COc1ccc2[nH]c(C)c(CC(=O)N[C@@H](CCCCCC(=O)Cc3ccco3)c3ncc(-c4ccc5ccccc5c4)[nH]3)c2c1.O=C(O)C(F)(F)F. The molecule has 0 aliphatic heterocycles. The van der Waals surface area contributed by atoms with E-state index in [0.717, 1.165) is 69.6 Å². The van der Waals surface area contributed by atoms with Gasteiger partial charge in [0.15, 0.2) is 0 Å². The Morgan fingerprint density at radius 2 is 1.71 bits per heavy atom. The van der Waals surface area contributed by atoms with Crippen molar-refractivity contribution in [3.05, 3.63) is 108 Å². The summed E-state index contributed by atoms with van der Waals surface area (Å²) in [4.78, 5) is 46.4. The molecule has 4 N–H and O–H groups in total. The first-order valence-electron chi connectivity index (χ1n) is 16.7. The lowest BCUT2D eigenvalue weighted by molar-refractivity contribution is -0.192. The Hall–Kier alpha value is -5.85. The number of halogens is 3. The number of aromatic nitrogens is 3. The highest BCUT2D eigenvalue weighted by molar-refractivity contribution is 5.91. The van der Waals surface area contributed by atoms with Gasteiger partial charge in [0.1, 0.15) is 23.1 Å². The Labute approximate surface area is 297 Å². The summed E-state index contributed by atoms with van der Waals surface area (Å²) in [6.07, 6.45) is 2.61. The van der Waals surface area contributed by atoms with Crippen molar-refractivity contribution in [2.45, 2.75) is 64.1 Å². The van der Waals surface area contributed by atoms with Gasteiger partial charge < -0.3 is 29.5 Å². The molecule has 0 radical (unpaired) electrons. The number of amides is 1. The van der Waals surface area contributed by atoms with Crippen molar-refractivity contribution in [2.24, 2.45) is 0 Å². The van der Waals surface area contributed by atoms with Crippen molar-refractivity contribution < 1.29 is 41.8 Å². The lowest BCUT2D eigenvalue weighted by Crippen LogP contribution is -2.30. The molecule has 0 bridgehead atoms. The van der Waals surface area contributed by atoms with Crippen LogP contribution in [0.25, 0.3) is 32.9 Å². The first kappa shape index (κ1) is 37.4. The molecule has 0 saturated carbocycles. The molecule has 6 aromatic rings. The molecular weight excluding hydrogens is 677 g/mol. The van der Waals surface area contributed by atoms with Gasteiger partial charge in [-0.2, -0.15) is 13.2 Å². The number of unbranched alkanes of at least 4 members (excludes halogenated alkanes) is 2. The van der Waals surface area contributed by atoms with E-state index < -0.39 is 12.1 Å². The van der Waals surface area contributed by atoms with Crippen LogP contribution >= 0.6 is 0 Å². The van der Waals surface area contributed by atoms with E-state index in [1.807, 2.05) is 49.5 Å². The molecule has 1 atom stereocenters. The van der Waals surface area contributed by atoms with E-state index in [-0.39, 0.29) is 24.2 Å². The molecule has 1 amide bonds. The molecule has 0 aliphatic carbocycles. The van der Waals surface area contributed by atoms with Gasteiger partial charge in [-0.1, -0.05) is 49.2 Å². The van der Waals surface area contributed by atoms with E-state index in [2.05, 4.69) is 45.6 Å². The predicted octanol–water partition coefficient (Wildman–Crippen LogP) is 8.42. The maximum atomic E-state index is 13.5. The number of hydrogen-bond donors (Lipinski definition) is 4. The number of alkyl halides is 3. The van der Waals surface area contributed by atoms with Crippen molar-refractivity contribution in [1.82, 2.24) is 20.3 Å². The van der Waals surface area contributed by atoms with Crippen LogP contribution in [0.4, 0.5) is 13.2 Å². The minimum atomic E-state index is -5.08. The monoisotopic (exact) mass is 716 g/mol. The number of Topliss-reactive ketones (excluding diaryl/α,β-unsaturated/α-hetero) is 1. The number of benzene rings is 3. The van der Waals surface area contributed by atoms with Gasteiger partial charge in [-0.3, -0.25) is 9.59 Å². The van der Waals surface area contributed by atoms with E-state index in [4.69, 9.17) is 24.0 Å². The first-order valence-corrected chi connectivity index (χ1v) is 16.7. The van der Waals surface area contributed by atoms with Crippen molar-refractivity contribution in [1.29, 1.82) is 0 Å². The summed E-state index contributed by atoms with van der Waals surface area (Å²) >= 11 is 0. The van der Waals surface area contributed by atoms with Crippen molar-refractivity contribution in [3.8, 4) is 17.0 Å². The standard InChI is InChI=1S/C37H38N4O4.C2HF3O2/c1-24-31(32-21-29(44-2)16-17-33(32)39-24)22-36(43)40-34(13-5-3-4-11-28(42)20-30-12-8-18-45-30)37-38-23-35(41-37)27-15-14-25-9-6-7-10-26(25)19-27;3-2(4,5)1(6)7/h6-10,12,14-19,21,23,34,39H,3-5,11,13,20,22H2,1-2H3,(H,38,41)(H,40,43);(H,6,7)/t34-;/m0./s1. The largest absolute Gasteiger partial charge is 0.497 e. The number of carbonyl (C=O) groups is 3. The number of H-pyrrole nitrogens is 2. The number of nitrogens with one attached hydrogen (secondary N) is 3. The number of nitrogens with zero attached hydrogens (tertiary/aromatic N) is 1. The van der Waals surface area contributed by atoms with E-state index >= 15 is 0 Å². The number of carboxylic acids is 1. The van der Waals surface area contributed by atoms with Crippen LogP contribution < -0.4 is 10.1 Å². The molecule has 0 saturated heterocycles. The third kappa shape index (κ3) is 9.89. The minimum absolute atomic E-state index is 0.0795. The number of furan rings is 1. The highest BCUT2D eigenvalue weighted by Gasteiger charge is 2.38. The molecule has 6 rings (SSSR count). The quantitative estimate of drug-likeness (QED) is 0.0827. The zero-order valence-corrected chi connectivity index (χ0v) is 28.7. The normalized spacial score (nSPS) is 11.9. The molecule has 0 unspecified atom stereocenters. The van der Waals surface area contributed by atoms with Gasteiger partial charge >= 0.3 is 12.1 Å². The van der Waals surface area contributed by atoms with Crippen molar-refractivity contribution >= 4 is 39.3 Å². The highest BCUT2D eigenvalue weighted by Crippen LogP contribution is 2.29. The van der Waals surface area contributed by atoms with Gasteiger partial charge in [-0.15, -0.1) is 0 Å². The maximum Gasteiger partial charge on any atom is 0.490 e. The number of aliphatic carboxylic acids is 1. The van der Waals surface area contributed by atoms with Crippen LogP contribution in [0, 0.1) is 6.92 Å². The Bertz CT molecular complexity index is 2130. The minimum Gasteiger partial charge on any atom is -0.497 e. The lowest BCUT2D eigenvalue weighted by Gasteiger charge is -2.17. The number of rotatable bonds is 14. The topological polar surface area (TPSA) is 150 Å². The van der Waals surface area contributed by atoms with Crippen LogP contribution in [0.5, 0.6) is 5.75 Å². The van der Waals surface area contributed by atoms with Crippen molar-refractivity contribution in [3.63, 3.8) is 0 Å². The third-order valence-corrected chi connectivity index (χ3v) is 8.63. The summed E-state index contributed by atoms with van der Waals surface area (Å²) in [5, 5.41) is 13.7. The van der Waals surface area contributed by atoms with Crippen LogP contribution in [0.2, 0.25) is 0 Å². The number of methoxy groups -OCH3 is 1. The molecule has 3 aromatic carbocycles. The average Bonchev–Trinajstić information content (AvgIpc) is 3.88. The van der Waals surface area contributed by atoms with Crippen LogP contribution in [0.15, 0.2) is 89.7 Å². The third-order valence-electron chi connectivity index (χ3n) is 8.63. The molecule has 0 fully saturated rings. The zero-order chi connectivity index (χ0) is 37.3. The zero-order valence-electron chi connectivity index (χ0n) is 28.7. The summed E-state index contributed by atoms with van der Waals surface area (Å²) in [6.45, 7) is 1.99. The number of fused-ring (bicyclic) bond motifs is 2. The number of aromatic amines is 2. The second-order valence-electron chi connectivity index (χ2n) is 12.4. The fourth-order valence-corrected chi connectivity index (χ4v) is 5.96. The van der Waals surface area contributed by atoms with E-state index in [1.165, 1.54) is 5.39 Å². The van der Waals surface area contributed by atoms with Gasteiger partial charge in [-0.05, 0) is 72.5 Å². The van der Waals surface area contributed by atoms with E-state index in [9.17, 15) is 22.8 Å². The highest BCUT2D eigenvalue weighted by atomic mass is 19.4. The van der Waals surface area contributed by atoms with Gasteiger partial charge in [0.25, 0.3) is 0 Å². The van der Waals surface area contributed by atoms with Gasteiger partial charge in [-0.25, -0.2) is 9.78 Å². The summed E-state index contributed by atoms with van der Waals surface area (Å²) in [7, 11) is 1.64. The summed E-state index contributed by atoms with van der Waals surface area (Å²) in [6, 6.07) is 23.8. The van der Waals surface area contributed by atoms with E-state index in [0.29, 0.717) is 25.0 Å². The molecular formula is C39H39F3N4O6. The van der Waals surface area contributed by atoms with Gasteiger partial charge in [0.2, 0.25) is 5.91 Å². The smallest absolute Gasteiger partial charge is 0.490 e. The summed E-state index contributed by atoms with van der Waals surface area (Å²) in [5.74, 6) is -0.493. The molecule has 3 heterocycles. The van der Waals surface area contributed by atoms with Crippen molar-refractivity contribution in [2.75, 3.05) is 7.11 Å². The van der Waals surface area contributed by atoms with Gasteiger partial charge in [0, 0.05) is 28.6 Å². The second kappa shape index (κ2) is 16.9. The molecule has 52 heavy (non-hydrogen) atoms. The number of ketones is 1. The average molecular weight is 717 g/mol. The molecule has 13 heteroatoms. The Morgan fingerprint density at radius 3 is 2.42 bits per heavy atom. The Morgan fingerprint density at radius 1 is 0.942 bits per heavy atom. The van der Waals surface area contributed by atoms with E-state index in [1.54, 1.807) is 19.4 Å². The fraction of sp³-hybridized carbons (Fsp3) is 0.282. The maximum absolute atomic E-state index is 13.5. The number of imidazole rings is 1. The number of hydrogen-bond acceptors (Lipinski definition) is 6. The molecule has 3 aromatic heterocycles.